The number of pyridine rings is 1. The second-order valence-electron chi connectivity index (χ2n) is 9.78. The van der Waals surface area contributed by atoms with Crippen LogP contribution in [0, 0.1) is 12.8 Å². The molecule has 0 bridgehead atoms. The molecule has 1 atom stereocenters. The molecule has 1 saturated carbocycles. The third kappa shape index (κ3) is 4.03. The molecule has 162 valence electrons. The Bertz CT molecular complexity index is 899. The molecule has 4 nitrogen and oxygen atoms in total. The van der Waals surface area contributed by atoms with Crippen molar-refractivity contribution in [3.63, 3.8) is 0 Å². The molecule has 2 aliphatic carbocycles. The Morgan fingerprint density at radius 3 is 2.67 bits per heavy atom. The molecule has 2 fully saturated rings. The van der Waals surface area contributed by atoms with Crippen molar-refractivity contribution in [2.24, 2.45) is 5.92 Å². The zero-order chi connectivity index (χ0) is 20.5. The average Bonchev–Trinajstić information content (AvgIpc) is 3.37. The summed E-state index contributed by atoms with van der Waals surface area (Å²) in [5, 5.41) is 5.14. The van der Waals surface area contributed by atoms with E-state index in [2.05, 4.69) is 36.2 Å². The molecular weight excluding hydrogens is 370 g/mol. The van der Waals surface area contributed by atoms with Gasteiger partial charge in [0.2, 0.25) is 0 Å². The molecule has 1 aliphatic heterocycles. The van der Waals surface area contributed by atoms with Crippen molar-refractivity contribution in [1.29, 1.82) is 0 Å². The lowest BCUT2D eigenvalue weighted by molar-refractivity contribution is 0.262. The van der Waals surface area contributed by atoms with Crippen LogP contribution in [0.3, 0.4) is 0 Å². The number of hydrogen-bond donors (Lipinski definition) is 1. The zero-order valence-electron chi connectivity index (χ0n) is 18.8. The monoisotopic (exact) mass is 407 g/mol. The lowest BCUT2D eigenvalue weighted by atomic mass is 9.80. The van der Waals surface area contributed by atoms with Crippen LogP contribution >= 0.6 is 0 Å². The first-order valence-corrected chi connectivity index (χ1v) is 12.3. The summed E-state index contributed by atoms with van der Waals surface area (Å²) in [5.41, 5.74) is 5.32. The highest BCUT2D eigenvalue weighted by Crippen LogP contribution is 2.38. The SMILES string of the molecule is Cc1cc2c3c(c(N[C@@H](C)C4CCC4)nc2cc1OCCCN1CCCC1)CCC3. The van der Waals surface area contributed by atoms with Gasteiger partial charge in [0.25, 0.3) is 0 Å². The Morgan fingerprint density at radius 1 is 1.10 bits per heavy atom. The molecule has 1 aromatic heterocycles. The first-order chi connectivity index (χ1) is 14.7. The maximum Gasteiger partial charge on any atom is 0.130 e. The molecule has 2 heterocycles. The number of ether oxygens (including phenoxy) is 1. The molecule has 0 unspecified atom stereocenters. The van der Waals surface area contributed by atoms with Gasteiger partial charge in [0.15, 0.2) is 0 Å². The van der Waals surface area contributed by atoms with E-state index in [0.717, 1.165) is 49.0 Å². The fourth-order valence-electron chi connectivity index (χ4n) is 5.53. The Hall–Kier alpha value is -1.81. The molecule has 30 heavy (non-hydrogen) atoms. The molecule has 1 saturated heterocycles. The van der Waals surface area contributed by atoms with Gasteiger partial charge in [0.05, 0.1) is 12.1 Å². The van der Waals surface area contributed by atoms with E-state index in [9.17, 15) is 0 Å². The number of aryl methyl sites for hydroxylation is 2. The molecule has 3 aliphatic rings. The third-order valence-electron chi connectivity index (χ3n) is 7.65. The van der Waals surface area contributed by atoms with Gasteiger partial charge < -0.3 is 15.0 Å². The Balaban J connectivity index is 1.34. The first-order valence-electron chi connectivity index (χ1n) is 12.3. The van der Waals surface area contributed by atoms with Crippen LogP contribution in [0.1, 0.15) is 68.6 Å². The van der Waals surface area contributed by atoms with E-state index >= 15 is 0 Å². The number of hydrogen-bond acceptors (Lipinski definition) is 4. The molecule has 1 aromatic carbocycles. The largest absolute Gasteiger partial charge is 0.493 e. The van der Waals surface area contributed by atoms with Gasteiger partial charge in [0.1, 0.15) is 11.6 Å². The van der Waals surface area contributed by atoms with E-state index in [4.69, 9.17) is 9.72 Å². The van der Waals surface area contributed by atoms with Gasteiger partial charge in [-0.1, -0.05) is 6.42 Å². The second-order valence-corrected chi connectivity index (χ2v) is 9.78. The van der Waals surface area contributed by atoms with Crippen LogP contribution in [0.2, 0.25) is 0 Å². The van der Waals surface area contributed by atoms with Crippen LogP contribution in [0.25, 0.3) is 10.9 Å². The standard InChI is InChI=1S/C26H37N3O/c1-18-16-23-21-10-6-11-22(21)26(27-19(2)20-8-5-9-20)28-24(23)17-25(18)30-15-7-14-29-12-3-4-13-29/h16-17,19-20H,3-15H2,1-2H3,(H,27,28)/t19-/m0/s1. The van der Waals surface area contributed by atoms with E-state index < -0.39 is 0 Å². The number of nitrogens with zero attached hydrogens (tertiary/aromatic N) is 2. The summed E-state index contributed by atoms with van der Waals surface area (Å²) in [7, 11) is 0. The summed E-state index contributed by atoms with van der Waals surface area (Å²) in [5.74, 6) is 2.96. The van der Waals surface area contributed by atoms with Crippen molar-refractivity contribution in [3.8, 4) is 5.75 Å². The minimum atomic E-state index is 0.514. The van der Waals surface area contributed by atoms with Crippen molar-refractivity contribution in [1.82, 2.24) is 9.88 Å². The predicted molar refractivity (Wildman–Crippen MR) is 125 cm³/mol. The lowest BCUT2D eigenvalue weighted by Gasteiger charge is -2.32. The number of rotatable bonds is 8. The quantitative estimate of drug-likeness (QED) is 0.587. The Kier molecular flexibility index (Phi) is 5.86. The third-order valence-corrected chi connectivity index (χ3v) is 7.65. The van der Waals surface area contributed by atoms with E-state index in [1.54, 1.807) is 0 Å². The molecule has 0 spiro atoms. The first kappa shape index (κ1) is 20.1. The van der Waals surface area contributed by atoms with Crippen molar-refractivity contribution in [2.45, 2.75) is 77.7 Å². The van der Waals surface area contributed by atoms with Gasteiger partial charge >= 0.3 is 0 Å². The average molecular weight is 408 g/mol. The topological polar surface area (TPSA) is 37.4 Å². The van der Waals surface area contributed by atoms with E-state index in [-0.39, 0.29) is 0 Å². The van der Waals surface area contributed by atoms with E-state index in [0.29, 0.717) is 6.04 Å². The number of likely N-dealkylation sites (tertiary alicyclic amines) is 1. The molecule has 5 rings (SSSR count). The van der Waals surface area contributed by atoms with Crippen LogP contribution in [0.15, 0.2) is 12.1 Å². The maximum atomic E-state index is 6.22. The van der Waals surface area contributed by atoms with Crippen molar-refractivity contribution >= 4 is 16.7 Å². The number of anilines is 1. The summed E-state index contributed by atoms with van der Waals surface area (Å²) in [6.07, 6.45) is 11.5. The number of nitrogens with one attached hydrogen (secondary N) is 1. The molecule has 4 heteroatoms. The fraction of sp³-hybridized carbons (Fsp3) is 0.654. The number of benzene rings is 1. The van der Waals surface area contributed by atoms with Gasteiger partial charge in [-0.15, -0.1) is 0 Å². The second kappa shape index (κ2) is 8.74. The lowest BCUT2D eigenvalue weighted by Crippen LogP contribution is -2.31. The van der Waals surface area contributed by atoms with Crippen LogP contribution in [0.4, 0.5) is 5.82 Å². The maximum absolute atomic E-state index is 6.22. The highest BCUT2D eigenvalue weighted by atomic mass is 16.5. The number of fused-ring (bicyclic) bond motifs is 3. The van der Waals surface area contributed by atoms with Gasteiger partial charge in [-0.2, -0.15) is 0 Å². The smallest absolute Gasteiger partial charge is 0.130 e. The Morgan fingerprint density at radius 2 is 1.90 bits per heavy atom. The molecule has 2 aromatic rings. The summed E-state index contributed by atoms with van der Waals surface area (Å²) < 4.78 is 6.22. The van der Waals surface area contributed by atoms with Crippen molar-refractivity contribution in [3.05, 3.63) is 28.8 Å². The molecule has 0 amide bonds. The van der Waals surface area contributed by atoms with Gasteiger partial charge in [0, 0.05) is 24.0 Å². The molecule has 0 radical (unpaired) electrons. The minimum Gasteiger partial charge on any atom is -0.493 e. The highest BCUT2D eigenvalue weighted by Gasteiger charge is 2.27. The van der Waals surface area contributed by atoms with Crippen LogP contribution in [0.5, 0.6) is 5.75 Å². The Labute approximate surface area is 181 Å². The van der Waals surface area contributed by atoms with Crippen LogP contribution in [-0.2, 0) is 12.8 Å². The summed E-state index contributed by atoms with van der Waals surface area (Å²) in [6, 6.07) is 5.03. The predicted octanol–water partition coefficient (Wildman–Crippen LogP) is 5.50. The number of aromatic nitrogens is 1. The van der Waals surface area contributed by atoms with Gasteiger partial charge in [-0.3, -0.25) is 0 Å². The molecular formula is C26H37N3O. The van der Waals surface area contributed by atoms with E-state index in [1.165, 1.54) is 80.1 Å². The van der Waals surface area contributed by atoms with E-state index in [1.807, 2.05) is 0 Å². The zero-order valence-corrected chi connectivity index (χ0v) is 18.8. The minimum absolute atomic E-state index is 0.514. The van der Waals surface area contributed by atoms with Crippen LogP contribution in [-0.4, -0.2) is 42.2 Å². The fourth-order valence-corrected chi connectivity index (χ4v) is 5.53. The summed E-state index contributed by atoms with van der Waals surface area (Å²) in [4.78, 5) is 7.68. The van der Waals surface area contributed by atoms with Crippen molar-refractivity contribution in [2.75, 3.05) is 31.6 Å². The summed E-state index contributed by atoms with van der Waals surface area (Å²) >= 11 is 0. The van der Waals surface area contributed by atoms with Crippen molar-refractivity contribution < 1.29 is 4.74 Å². The van der Waals surface area contributed by atoms with Gasteiger partial charge in [-0.25, -0.2) is 4.98 Å². The van der Waals surface area contributed by atoms with Crippen LogP contribution < -0.4 is 10.1 Å². The highest BCUT2D eigenvalue weighted by molar-refractivity contribution is 5.88. The summed E-state index contributed by atoms with van der Waals surface area (Å²) in [6.45, 7) is 8.99. The molecule has 1 N–H and O–H groups in total. The van der Waals surface area contributed by atoms with Gasteiger partial charge in [-0.05, 0) is 107 Å². The normalized spacial score (nSPS) is 20.3.